The normalized spacial score (nSPS) is 13.8. The highest BCUT2D eigenvalue weighted by atomic mass is 35.5. The molecular weight excluding hydrogens is 274 g/mol. The van der Waals surface area contributed by atoms with Crippen molar-refractivity contribution in [3.8, 4) is 0 Å². The van der Waals surface area contributed by atoms with E-state index in [-0.39, 0.29) is 15.6 Å². The van der Waals surface area contributed by atoms with E-state index in [2.05, 4.69) is 9.05 Å². The van der Waals surface area contributed by atoms with Gasteiger partial charge in [-0.1, -0.05) is 35.3 Å². The Labute approximate surface area is 104 Å². The predicted molar refractivity (Wildman–Crippen MR) is 63.0 cm³/mol. The lowest BCUT2D eigenvalue weighted by atomic mass is 10.2. The molecular formula is C9H11Cl2O4P. The molecule has 0 bridgehead atoms. The number of rotatable bonds is 4. The Bertz CT molecular complexity index is 416. The summed E-state index contributed by atoms with van der Waals surface area (Å²) in [5.41, 5.74) is 0.209. The van der Waals surface area contributed by atoms with Crippen molar-refractivity contribution in [2.24, 2.45) is 0 Å². The third-order valence-electron chi connectivity index (χ3n) is 2.07. The third kappa shape index (κ3) is 2.59. The molecule has 0 aliphatic carbocycles. The molecule has 4 nitrogen and oxygen atoms in total. The van der Waals surface area contributed by atoms with E-state index in [0.29, 0.717) is 0 Å². The van der Waals surface area contributed by atoms with Crippen LogP contribution in [0.4, 0.5) is 0 Å². The molecule has 0 saturated heterocycles. The summed E-state index contributed by atoms with van der Waals surface area (Å²) in [6.45, 7) is 0. The van der Waals surface area contributed by atoms with Crippen molar-refractivity contribution < 1.29 is 18.7 Å². The summed E-state index contributed by atoms with van der Waals surface area (Å²) < 4.78 is 21.3. The number of aliphatic hydroxyl groups excluding tert-OH is 1. The number of hydrogen-bond acceptors (Lipinski definition) is 4. The molecule has 1 unspecified atom stereocenters. The summed E-state index contributed by atoms with van der Waals surface area (Å²) in [5.74, 6) is -1.46. The zero-order valence-electron chi connectivity index (χ0n) is 8.68. The Hall–Kier alpha value is -0.0900. The monoisotopic (exact) mass is 284 g/mol. The summed E-state index contributed by atoms with van der Waals surface area (Å²) in [6.07, 6.45) is 0. The summed E-state index contributed by atoms with van der Waals surface area (Å²) in [7, 11) is -1.26. The minimum absolute atomic E-state index is 0.131. The minimum Gasteiger partial charge on any atom is -0.376 e. The average molecular weight is 285 g/mol. The van der Waals surface area contributed by atoms with E-state index in [0.717, 1.165) is 0 Å². The second-order valence-corrected chi connectivity index (χ2v) is 6.01. The van der Waals surface area contributed by atoms with Gasteiger partial charge < -0.3 is 14.2 Å². The minimum atomic E-state index is -3.63. The molecule has 0 aromatic heterocycles. The van der Waals surface area contributed by atoms with E-state index >= 15 is 0 Å². The summed E-state index contributed by atoms with van der Waals surface area (Å²) >= 11 is 11.7. The topological polar surface area (TPSA) is 55.8 Å². The molecule has 0 spiro atoms. The van der Waals surface area contributed by atoms with Gasteiger partial charge in [0.15, 0.2) is 5.85 Å². The van der Waals surface area contributed by atoms with E-state index in [9.17, 15) is 9.67 Å². The van der Waals surface area contributed by atoms with Crippen LogP contribution in [0.2, 0.25) is 10.0 Å². The molecule has 0 aliphatic rings. The Morgan fingerprint density at radius 2 is 1.88 bits per heavy atom. The average Bonchev–Trinajstić information content (AvgIpc) is 2.31. The fraction of sp³-hybridized carbons (Fsp3) is 0.333. The van der Waals surface area contributed by atoms with Crippen LogP contribution in [-0.2, 0) is 13.6 Å². The van der Waals surface area contributed by atoms with Crippen LogP contribution in [0.25, 0.3) is 0 Å². The Morgan fingerprint density at radius 3 is 2.38 bits per heavy atom. The first-order valence-electron chi connectivity index (χ1n) is 4.29. The first-order valence-corrected chi connectivity index (χ1v) is 6.66. The van der Waals surface area contributed by atoms with Crippen LogP contribution in [-0.4, -0.2) is 19.3 Å². The van der Waals surface area contributed by atoms with Gasteiger partial charge >= 0.3 is 7.60 Å². The van der Waals surface area contributed by atoms with E-state index in [1.165, 1.54) is 20.3 Å². The zero-order valence-corrected chi connectivity index (χ0v) is 11.1. The zero-order chi connectivity index (χ0) is 12.3. The van der Waals surface area contributed by atoms with Crippen LogP contribution in [0.5, 0.6) is 0 Å². The first kappa shape index (κ1) is 14.0. The largest absolute Gasteiger partial charge is 0.376 e. The second-order valence-electron chi connectivity index (χ2n) is 2.92. The number of aliphatic hydroxyl groups is 1. The molecule has 1 atom stereocenters. The van der Waals surface area contributed by atoms with Crippen LogP contribution in [0.15, 0.2) is 18.2 Å². The van der Waals surface area contributed by atoms with E-state index in [1.807, 2.05) is 0 Å². The molecule has 0 heterocycles. The Kier molecular flexibility index (Phi) is 4.80. The highest BCUT2D eigenvalue weighted by Crippen LogP contribution is 2.59. The van der Waals surface area contributed by atoms with Crippen molar-refractivity contribution in [2.75, 3.05) is 14.2 Å². The lowest BCUT2D eigenvalue weighted by Gasteiger charge is -2.20. The fourth-order valence-corrected chi connectivity index (χ4v) is 2.76. The predicted octanol–water partition coefficient (Wildman–Crippen LogP) is 3.47. The highest BCUT2D eigenvalue weighted by Gasteiger charge is 2.35. The molecule has 1 aromatic carbocycles. The molecule has 1 rings (SSSR count). The summed E-state index contributed by atoms with van der Waals surface area (Å²) in [6, 6.07) is 4.65. The van der Waals surface area contributed by atoms with Gasteiger partial charge in [-0.2, -0.15) is 0 Å². The van der Waals surface area contributed by atoms with Gasteiger partial charge in [0.1, 0.15) is 0 Å². The fourth-order valence-electron chi connectivity index (χ4n) is 1.16. The van der Waals surface area contributed by atoms with Gasteiger partial charge in [0.2, 0.25) is 0 Å². The van der Waals surface area contributed by atoms with Crippen molar-refractivity contribution in [1.82, 2.24) is 0 Å². The van der Waals surface area contributed by atoms with Gasteiger partial charge in [-0.15, -0.1) is 0 Å². The maximum atomic E-state index is 11.9. The molecule has 16 heavy (non-hydrogen) atoms. The summed E-state index contributed by atoms with van der Waals surface area (Å²) in [5, 5.41) is 10.3. The molecule has 0 saturated carbocycles. The number of hydrogen-bond donors (Lipinski definition) is 1. The van der Waals surface area contributed by atoms with Gasteiger partial charge in [0, 0.05) is 19.8 Å². The Balaban J connectivity index is 3.19. The summed E-state index contributed by atoms with van der Waals surface area (Å²) in [4.78, 5) is 0. The van der Waals surface area contributed by atoms with Crippen molar-refractivity contribution >= 4 is 30.8 Å². The lowest BCUT2D eigenvalue weighted by Crippen LogP contribution is -2.03. The van der Waals surface area contributed by atoms with Crippen LogP contribution in [0, 0.1) is 0 Å². The van der Waals surface area contributed by atoms with Gasteiger partial charge in [0.25, 0.3) is 0 Å². The molecule has 1 N–H and O–H groups in total. The smallest absolute Gasteiger partial charge is 0.362 e. The first-order chi connectivity index (χ1) is 7.46. The maximum Gasteiger partial charge on any atom is 0.362 e. The van der Waals surface area contributed by atoms with E-state index in [1.54, 1.807) is 12.1 Å². The highest BCUT2D eigenvalue weighted by molar-refractivity contribution is 7.54. The molecule has 7 heteroatoms. The standard InChI is InChI=1S/C9H11Cl2O4P/c1-14-16(13,15-2)9(12)6-4-3-5-7(10)8(6)11/h3-5,9,12H,1-2H3. The van der Waals surface area contributed by atoms with E-state index < -0.39 is 13.4 Å². The number of benzene rings is 1. The van der Waals surface area contributed by atoms with Gasteiger partial charge in [-0.3, -0.25) is 4.57 Å². The number of halogens is 2. The van der Waals surface area contributed by atoms with Crippen molar-refractivity contribution in [3.63, 3.8) is 0 Å². The molecule has 0 amide bonds. The molecule has 90 valence electrons. The molecule has 0 aliphatic heterocycles. The molecule has 0 fully saturated rings. The van der Waals surface area contributed by atoms with Crippen molar-refractivity contribution in [1.29, 1.82) is 0 Å². The molecule has 1 aromatic rings. The SMILES string of the molecule is COP(=O)(OC)C(O)c1cccc(Cl)c1Cl. The van der Waals surface area contributed by atoms with Crippen molar-refractivity contribution in [3.05, 3.63) is 33.8 Å². The van der Waals surface area contributed by atoms with Crippen LogP contribution in [0.3, 0.4) is 0 Å². The lowest BCUT2D eigenvalue weighted by molar-refractivity contribution is 0.176. The second kappa shape index (κ2) is 5.50. The van der Waals surface area contributed by atoms with Gasteiger partial charge in [-0.25, -0.2) is 0 Å². The van der Waals surface area contributed by atoms with Crippen LogP contribution >= 0.6 is 30.8 Å². The van der Waals surface area contributed by atoms with Crippen LogP contribution in [0.1, 0.15) is 11.4 Å². The molecule has 0 radical (unpaired) electrons. The van der Waals surface area contributed by atoms with Gasteiger partial charge in [-0.05, 0) is 6.07 Å². The quantitative estimate of drug-likeness (QED) is 0.860. The maximum absolute atomic E-state index is 11.9. The third-order valence-corrected chi connectivity index (χ3v) is 4.80. The van der Waals surface area contributed by atoms with Crippen molar-refractivity contribution in [2.45, 2.75) is 5.85 Å². The van der Waals surface area contributed by atoms with Crippen LogP contribution < -0.4 is 0 Å². The van der Waals surface area contributed by atoms with E-state index in [4.69, 9.17) is 23.2 Å². The van der Waals surface area contributed by atoms with Gasteiger partial charge in [0.05, 0.1) is 10.0 Å². The Morgan fingerprint density at radius 1 is 1.31 bits per heavy atom.